The second-order valence-electron chi connectivity index (χ2n) is 5.57. The summed E-state index contributed by atoms with van der Waals surface area (Å²) in [6, 6.07) is 8.21. The van der Waals surface area contributed by atoms with Gasteiger partial charge in [-0.2, -0.15) is 0 Å². The third kappa shape index (κ3) is 3.83. The van der Waals surface area contributed by atoms with Crippen LogP contribution in [0, 0.1) is 5.92 Å². The highest BCUT2D eigenvalue weighted by Crippen LogP contribution is 2.26. The van der Waals surface area contributed by atoms with Gasteiger partial charge in [0.2, 0.25) is 5.91 Å². The molecular weight excluding hydrogens is 254 g/mol. The minimum absolute atomic E-state index is 0.0225. The van der Waals surface area contributed by atoms with E-state index in [1.807, 2.05) is 19.1 Å². The molecular formula is C16H21NO3. The largest absolute Gasteiger partial charge is 0.481 e. The third-order valence-corrected chi connectivity index (χ3v) is 3.84. The summed E-state index contributed by atoms with van der Waals surface area (Å²) in [7, 11) is 0. The van der Waals surface area contributed by atoms with E-state index in [1.54, 1.807) is 0 Å². The van der Waals surface area contributed by atoms with E-state index in [4.69, 9.17) is 5.11 Å². The Morgan fingerprint density at radius 3 is 2.45 bits per heavy atom. The fourth-order valence-electron chi connectivity index (χ4n) is 2.74. The van der Waals surface area contributed by atoms with Crippen molar-refractivity contribution in [1.82, 2.24) is 5.32 Å². The predicted octanol–water partition coefficient (Wildman–Crippen LogP) is 2.16. The van der Waals surface area contributed by atoms with Crippen LogP contribution in [0.4, 0.5) is 0 Å². The standard InChI is InChI=1S/C16H21NO3/c1-11(5-4-8-15(18)19)17-16(20)14-9-12-6-2-3-7-13(12)10-14/h2-3,6-7,11,14H,4-5,8-10H2,1H3,(H,17,20)(H,18,19). The van der Waals surface area contributed by atoms with E-state index in [1.165, 1.54) is 11.1 Å². The van der Waals surface area contributed by atoms with Crippen molar-refractivity contribution in [3.63, 3.8) is 0 Å². The molecule has 2 N–H and O–H groups in total. The van der Waals surface area contributed by atoms with Crippen LogP contribution in [0.3, 0.4) is 0 Å². The van der Waals surface area contributed by atoms with Crippen LogP contribution < -0.4 is 5.32 Å². The zero-order chi connectivity index (χ0) is 14.5. The van der Waals surface area contributed by atoms with E-state index in [0.29, 0.717) is 12.8 Å². The number of benzene rings is 1. The lowest BCUT2D eigenvalue weighted by atomic mass is 10.0. The van der Waals surface area contributed by atoms with Crippen molar-refractivity contribution in [3.8, 4) is 0 Å². The van der Waals surface area contributed by atoms with Gasteiger partial charge in [0.15, 0.2) is 0 Å². The van der Waals surface area contributed by atoms with E-state index in [9.17, 15) is 9.59 Å². The minimum atomic E-state index is -0.783. The Hall–Kier alpha value is -1.84. The Labute approximate surface area is 119 Å². The molecule has 4 heteroatoms. The Kier molecular flexibility index (Phi) is 4.77. The summed E-state index contributed by atoms with van der Waals surface area (Å²) < 4.78 is 0. The maximum atomic E-state index is 12.2. The summed E-state index contributed by atoms with van der Waals surface area (Å²) in [6.07, 6.45) is 3.09. The van der Waals surface area contributed by atoms with Gasteiger partial charge >= 0.3 is 5.97 Å². The molecule has 1 aromatic carbocycles. The average molecular weight is 275 g/mol. The smallest absolute Gasteiger partial charge is 0.303 e. The molecule has 0 fully saturated rings. The molecule has 0 aromatic heterocycles. The first kappa shape index (κ1) is 14.6. The van der Waals surface area contributed by atoms with Crippen LogP contribution in [-0.4, -0.2) is 23.0 Å². The number of nitrogens with one attached hydrogen (secondary N) is 1. The maximum absolute atomic E-state index is 12.2. The molecule has 1 aliphatic carbocycles. The zero-order valence-corrected chi connectivity index (χ0v) is 11.8. The molecule has 1 aliphatic rings. The number of amides is 1. The van der Waals surface area contributed by atoms with Gasteiger partial charge in [-0.25, -0.2) is 0 Å². The Morgan fingerprint density at radius 1 is 1.30 bits per heavy atom. The first-order valence-electron chi connectivity index (χ1n) is 7.15. The van der Waals surface area contributed by atoms with Crippen molar-refractivity contribution >= 4 is 11.9 Å². The highest BCUT2D eigenvalue weighted by molar-refractivity contribution is 5.80. The molecule has 0 saturated carbocycles. The van der Waals surface area contributed by atoms with Gasteiger partial charge in [0.1, 0.15) is 0 Å². The first-order valence-corrected chi connectivity index (χ1v) is 7.15. The number of carboxylic acid groups (broad SMARTS) is 1. The van der Waals surface area contributed by atoms with Crippen LogP contribution in [0.15, 0.2) is 24.3 Å². The summed E-state index contributed by atoms with van der Waals surface area (Å²) in [4.78, 5) is 22.6. The molecule has 0 saturated heterocycles. The highest BCUT2D eigenvalue weighted by Gasteiger charge is 2.27. The van der Waals surface area contributed by atoms with Gasteiger partial charge in [-0.1, -0.05) is 24.3 Å². The van der Waals surface area contributed by atoms with E-state index >= 15 is 0 Å². The minimum Gasteiger partial charge on any atom is -0.481 e. The molecule has 0 bridgehead atoms. The van der Waals surface area contributed by atoms with Gasteiger partial charge < -0.3 is 10.4 Å². The van der Waals surface area contributed by atoms with Crippen LogP contribution in [0.5, 0.6) is 0 Å². The Bertz CT molecular complexity index is 473. The molecule has 0 radical (unpaired) electrons. The summed E-state index contributed by atoms with van der Waals surface area (Å²) in [5.41, 5.74) is 2.54. The zero-order valence-electron chi connectivity index (χ0n) is 11.8. The Balaban J connectivity index is 1.77. The van der Waals surface area contributed by atoms with Crippen molar-refractivity contribution < 1.29 is 14.7 Å². The number of hydrogen-bond acceptors (Lipinski definition) is 2. The summed E-state index contributed by atoms with van der Waals surface area (Å²) in [6.45, 7) is 1.93. The molecule has 4 nitrogen and oxygen atoms in total. The summed E-state index contributed by atoms with van der Waals surface area (Å²) in [5, 5.41) is 11.6. The lowest BCUT2D eigenvalue weighted by Gasteiger charge is -2.16. The van der Waals surface area contributed by atoms with Crippen molar-refractivity contribution in [1.29, 1.82) is 0 Å². The first-order chi connectivity index (χ1) is 9.56. The number of carbonyl (C=O) groups is 2. The van der Waals surface area contributed by atoms with Crippen molar-refractivity contribution in [2.45, 2.75) is 45.1 Å². The van der Waals surface area contributed by atoms with Gasteiger partial charge in [0.05, 0.1) is 0 Å². The van der Waals surface area contributed by atoms with Gasteiger partial charge in [-0.3, -0.25) is 9.59 Å². The second kappa shape index (κ2) is 6.55. The lowest BCUT2D eigenvalue weighted by Crippen LogP contribution is -2.37. The van der Waals surface area contributed by atoms with Gasteiger partial charge in [-0.15, -0.1) is 0 Å². The molecule has 1 amide bonds. The molecule has 0 aliphatic heterocycles. The summed E-state index contributed by atoms with van der Waals surface area (Å²) >= 11 is 0. The SMILES string of the molecule is CC(CCCC(=O)O)NC(=O)C1Cc2ccccc2C1. The van der Waals surface area contributed by atoms with Gasteiger partial charge in [0, 0.05) is 18.4 Å². The normalized spacial score (nSPS) is 15.7. The number of rotatable bonds is 6. The lowest BCUT2D eigenvalue weighted by molar-refractivity contribution is -0.137. The van der Waals surface area contributed by atoms with Crippen LogP contribution in [0.2, 0.25) is 0 Å². The number of carboxylic acids is 1. The molecule has 0 heterocycles. The van der Waals surface area contributed by atoms with Gasteiger partial charge in [-0.05, 0) is 43.7 Å². The predicted molar refractivity (Wildman–Crippen MR) is 76.4 cm³/mol. The number of fused-ring (bicyclic) bond motifs is 1. The van der Waals surface area contributed by atoms with Crippen molar-refractivity contribution in [2.75, 3.05) is 0 Å². The van der Waals surface area contributed by atoms with Crippen LogP contribution in [-0.2, 0) is 22.4 Å². The molecule has 20 heavy (non-hydrogen) atoms. The molecule has 1 aromatic rings. The molecule has 108 valence electrons. The molecule has 1 atom stereocenters. The quantitative estimate of drug-likeness (QED) is 0.836. The maximum Gasteiger partial charge on any atom is 0.303 e. The van der Waals surface area contributed by atoms with Crippen LogP contribution in [0.1, 0.15) is 37.3 Å². The van der Waals surface area contributed by atoms with E-state index < -0.39 is 5.97 Å². The number of aliphatic carboxylic acids is 1. The van der Waals surface area contributed by atoms with E-state index in [0.717, 1.165) is 12.8 Å². The fourth-order valence-corrected chi connectivity index (χ4v) is 2.74. The highest BCUT2D eigenvalue weighted by atomic mass is 16.4. The fraction of sp³-hybridized carbons (Fsp3) is 0.500. The van der Waals surface area contributed by atoms with Gasteiger partial charge in [0.25, 0.3) is 0 Å². The van der Waals surface area contributed by atoms with Crippen LogP contribution >= 0.6 is 0 Å². The van der Waals surface area contributed by atoms with Crippen LogP contribution in [0.25, 0.3) is 0 Å². The Morgan fingerprint density at radius 2 is 1.90 bits per heavy atom. The third-order valence-electron chi connectivity index (χ3n) is 3.84. The van der Waals surface area contributed by atoms with Crippen molar-refractivity contribution in [3.05, 3.63) is 35.4 Å². The number of hydrogen-bond donors (Lipinski definition) is 2. The van der Waals surface area contributed by atoms with Crippen molar-refractivity contribution in [2.24, 2.45) is 5.92 Å². The monoisotopic (exact) mass is 275 g/mol. The van der Waals surface area contributed by atoms with E-state index in [-0.39, 0.29) is 24.3 Å². The molecule has 2 rings (SSSR count). The second-order valence-corrected chi connectivity index (χ2v) is 5.57. The number of carbonyl (C=O) groups excluding carboxylic acids is 1. The van der Waals surface area contributed by atoms with E-state index in [2.05, 4.69) is 17.4 Å². The topological polar surface area (TPSA) is 66.4 Å². The summed E-state index contributed by atoms with van der Waals surface area (Å²) in [5.74, 6) is -0.673. The molecule has 1 unspecified atom stereocenters. The molecule has 0 spiro atoms. The average Bonchev–Trinajstić information content (AvgIpc) is 2.82.